The van der Waals surface area contributed by atoms with Gasteiger partial charge in [0, 0.05) is 12.6 Å². The highest BCUT2D eigenvalue weighted by Gasteiger charge is 2.24. The first-order chi connectivity index (χ1) is 8.71. The van der Waals surface area contributed by atoms with E-state index in [1.54, 1.807) is 0 Å². The zero-order valence-corrected chi connectivity index (χ0v) is 12.9. The van der Waals surface area contributed by atoms with Crippen molar-refractivity contribution in [2.75, 3.05) is 45.8 Å². The highest BCUT2D eigenvalue weighted by atomic mass is 15.1. The summed E-state index contributed by atoms with van der Waals surface area (Å²) < 4.78 is 0. The highest BCUT2D eigenvalue weighted by molar-refractivity contribution is 4.82. The maximum Gasteiger partial charge on any atom is 0.00796 e. The molecule has 0 aromatic heterocycles. The second-order valence-electron chi connectivity index (χ2n) is 5.57. The van der Waals surface area contributed by atoms with Gasteiger partial charge in [-0.2, -0.15) is 0 Å². The Morgan fingerprint density at radius 1 is 1.00 bits per heavy atom. The van der Waals surface area contributed by atoms with E-state index >= 15 is 0 Å². The summed E-state index contributed by atoms with van der Waals surface area (Å²) in [5.74, 6) is 0.860. The minimum absolute atomic E-state index is 0.710. The van der Waals surface area contributed by atoms with Crippen molar-refractivity contribution in [3.05, 3.63) is 0 Å². The van der Waals surface area contributed by atoms with Crippen LogP contribution in [-0.2, 0) is 0 Å². The monoisotopic (exact) mass is 255 g/mol. The average molecular weight is 255 g/mol. The van der Waals surface area contributed by atoms with Crippen LogP contribution >= 0.6 is 0 Å². The molecule has 0 radical (unpaired) electrons. The normalized spacial score (nSPS) is 24.3. The Morgan fingerprint density at radius 3 is 2.11 bits per heavy atom. The van der Waals surface area contributed by atoms with Gasteiger partial charge in [-0.1, -0.05) is 20.8 Å². The van der Waals surface area contributed by atoms with Gasteiger partial charge in [0.25, 0.3) is 0 Å². The fourth-order valence-electron chi connectivity index (χ4n) is 2.93. The summed E-state index contributed by atoms with van der Waals surface area (Å²) in [6.07, 6.45) is 2.66. The third-order valence-corrected chi connectivity index (χ3v) is 4.47. The Kier molecular flexibility index (Phi) is 7.87. The molecule has 1 saturated heterocycles. The van der Waals surface area contributed by atoms with Crippen LogP contribution < -0.4 is 5.32 Å². The maximum absolute atomic E-state index is 3.56. The number of hydrogen-bond acceptors (Lipinski definition) is 3. The van der Waals surface area contributed by atoms with E-state index in [0.29, 0.717) is 6.04 Å². The molecule has 108 valence electrons. The van der Waals surface area contributed by atoms with Crippen LogP contribution in [0, 0.1) is 5.92 Å². The molecule has 0 aliphatic carbocycles. The fraction of sp³-hybridized carbons (Fsp3) is 1.00. The standard InChI is InChI=1S/C15H33N3/c1-5-17(6-2)11-8-12-18(7-3)13-15-9-10-16-14(15)4/h14-16H,5-13H2,1-4H3. The van der Waals surface area contributed by atoms with Gasteiger partial charge in [0.05, 0.1) is 0 Å². The van der Waals surface area contributed by atoms with Gasteiger partial charge < -0.3 is 15.1 Å². The molecule has 18 heavy (non-hydrogen) atoms. The highest BCUT2D eigenvalue weighted by Crippen LogP contribution is 2.16. The first-order valence-corrected chi connectivity index (χ1v) is 7.89. The van der Waals surface area contributed by atoms with Crippen molar-refractivity contribution in [1.82, 2.24) is 15.1 Å². The molecular weight excluding hydrogens is 222 g/mol. The van der Waals surface area contributed by atoms with Gasteiger partial charge >= 0.3 is 0 Å². The summed E-state index contributed by atoms with van der Waals surface area (Å²) in [6.45, 7) is 17.7. The Balaban J connectivity index is 2.20. The van der Waals surface area contributed by atoms with E-state index in [-0.39, 0.29) is 0 Å². The van der Waals surface area contributed by atoms with Gasteiger partial charge in [-0.05, 0) is 65.0 Å². The van der Waals surface area contributed by atoms with E-state index in [9.17, 15) is 0 Å². The Morgan fingerprint density at radius 2 is 1.61 bits per heavy atom. The lowest BCUT2D eigenvalue weighted by atomic mass is 10.0. The van der Waals surface area contributed by atoms with Gasteiger partial charge in [-0.25, -0.2) is 0 Å². The molecular formula is C15H33N3. The van der Waals surface area contributed by atoms with Crippen LogP contribution in [0.3, 0.4) is 0 Å². The minimum Gasteiger partial charge on any atom is -0.314 e. The lowest BCUT2D eigenvalue weighted by Gasteiger charge is -2.27. The Bertz CT molecular complexity index is 204. The molecule has 1 aliphatic heterocycles. The van der Waals surface area contributed by atoms with Gasteiger partial charge in [-0.3, -0.25) is 0 Å². The maximum atomic E-state index is 3.56. The Labute approximate surface area is 114 Å². The Hall–Kier alpha value is -0.120. The molecule has 1 rings (SSSR count). The number of nitrogens with zero attached hydrogens (tertiary/aromatic N) is 2. The van der Waals surface area contributed by atoms with Crippen molar-refractivity contribution in [2.45, 2.75) is 46.6 Å². The second kappa shape index (κ2) is 8.89. The predicted octanol–water partition coefficient (Wildman–Crippen LogP) is 2.04. The molecule has 1 N–H and O–H groups in total. The molecule has 3 heteroatoms. The van der Waals surface area contributed by atoms with Crippen molar-refractivity contribution in [1.29, 1.82) is 0 Å². The summed E-state index contributed by atoms with van der Waals surface area (Å²) in [5.41, 5.74) is 0. The zero-order valence-electron chi connectivity index (χ0n) is 12.9. The van der Waals surface area contributed by atoms with Crippen molar-refractivity contribution in [3.8, 4) is 0 Å². The van der Waals surface area contributed by atoms with E-state index in [4.69, 9.17) is 0 Å². The molecule has 1 heterocycles. The van der Waals surface area contributed by atoms with Crippen molar-refractivity contribution < 1.29 is 0 Å². The molecule has 1 aliphatic rings. The molecule has 0 bridgehead atoms. The summed E-state index contributed by atoms with van der Waals surface area (Å²) in [7, 11) is 0. The third kappa shape index (κ3) is 5.25. The first-order valence-electron chi connectivity index (χ1n) is 7.89. The van der Waals surface area contributed by atoms with Gasteiger partial charge in [0.15, 0.2) is 0 Å². The van der Waals surface area contributed by atoms with Crippen LogP contribution in [0.25, 0.3) is 0 Å². The van der Waals surface area contributed by atoms with Crippen LogP contribution in [0.2, 0.25) is 0 Å². The van der Waals surface area contributed by atoms with Crippen LogP contribution in [0.4, 0.5) is 0 Å². The molecule has 1 fully saturated rings. The average Bonchev–Trinajstić information content (AvgIpc) is 2.79. The van der Waals surface area contributed by atoms with Crippen molar-refractivity contribution in [2.24, 2.45) is 5.92 Å². The van der Waals surface area contributed by atoms with Gasteiger partial charge in [0.2, 0.25) is 0 Å². The SMILES string of the molecule is CCN(CC)CCCN(CC)CC1CCNC1C. The van der Waals surface area contributed by atoms with Crippen LogP contribution in [0.15, 0.2) is 0 Å². The second-order valence-corrected chi connectivity index (χ2v) is 5.57. The van der Waals surface area contributed by atoms with Crippen LogP contribution in [-0.4, -0.2) is 61.7 Å². The van der Waals surface area contributed by atoms with Crippen molar-refractivity contribution >= 4 is 0 Å². The van der Waals surface area contributed by atoms with Gasteiger partial charge in [-0.15, -0.1) is 0 Å². The van der Waals surface area contributed by atoms with E-state index < -0.39 is 0 Å². The largest absolute Gasteiger partial charge is 0.314 e. The lowest BCUT2D eigenvalue weighted by Crippen LogP contribution is -2.36. The van der Waals surface area contributed by atoms with Crippen molar-refractivity contribution in [3.63, 3.8) is 0 Å². The fourth-order valence-corrected chi connectivity index (χ4v) is 2.93. The van der Waals surface area contributed by atoms with E-state index in [1.165, 1.54) is 58.7 Å². The molecule has 0 saturated carbocycles. The summed E-state index contributed by atoms with van der Waals surface area (Å²) >= 11 is 0. The first kappa shape index (κ1) is 15.9. The minimum atomic E-state index is 0.710. The third-order valence-electron chi connectivity index (χ3n) is 4.47. The molecule has 0 aromatic carbocycles. The number of hydrogen-bond donors (Lipinski definition) is 1. The topological polar surface area (TPSA) is 18.5 Å². The number of nitrogens with one attached hydrogen (secondary N) is 1. The van der Waals surface area contributed by atoms with E-state index in [0.717, 1.165) is 5.92 Å². The lowest BCUT2D eigenvalue weighted by molar-refractivity contribution is 0.212. The molecule has 0 spiro atoms. The quantitative estimate of drug-likeness (QED) is 0.680. The molecule has 0 aromatic rings. The molecule has 3 nitrogen and oxygen atoms in total. The molecule has 0 amide bonds. The zero-order chi connectivity index (χ0) is 13.4. The van der Waals surface area contributed by atoms with Crippen LogP contribution in [0.1, 0.15) is 40.5 Å². The predicted molar refractivity (Wildman–Crippen MR) is 80.1 cm³/mol. The summed E-state index contributed by atoms with van der Waals surface area (Å²) in [4.78, 5) is 5.16. The molecule has 2 unspecified atom stereocenters. The number of rotatable bonds is 9. The molecule has 2 atom stereocenters. The van der Waals surface area contributed by atoms with E-state index in [1.807, 2.05) is 0 Å². The van der Waals surface area contributed by atoms with Gasteiger partial charge in [0.1, 0.15) is 0 Å². The summed E-state index contributed by atoms with van der Waals surface area (Å²) in [5, 5.41) is 3.56. The van der Waals surface area contributed by atoms with Crippen LogP contribution in [0.5, 0.6) is 0 Å². The van der Waals surface area contributed by atoms with E-state index in [2.05, 4.69) is 42.8 Å². The summed E-state index contributed by atoms with van der Waals surface area (Å²) in [6, 6.07) is 0.710. The smallest absolute Gasteiger partial charge is 0.00796 e.